The van der Waals surface area contributed by atoms with E-state index in [1.54, 1.807) is 0 Å². The molecule has 0 saturated heterocycles. The lowest BCUT2D eigenvalue weighted by atomic mass is 9.28. The van der Waals surface area contributed by atoms with Crippen LogP contribution in [0.5, 0.6) is 0 Å². The third-order valence-electron chi connectivity index (χ3n) is 4.86. The average molecular weight is 200 g/mol. The van der Waals surface area contributed by atoms with Crippen molar-refractivity contribution in [3.63, 3.8) is 0 Å². The van der Waals surface area contributed by atoms with Crippen LogP contribution in [0.3, 0.4) is 0 Å². The largest absolute Gasteiger partial charge is 0.255 e. The van der Waals surface area contributed by atoms with Crippen molar-refractivity contribution in [2.75, 3.05) is 7.18 Å². The number of rotatable bonds is 3. The van der Waals surface area contributed by atoms with E-state index in [1.165, 1.54) is 19.3 Å². The van der Waals surface area contributed by atoms with Gasteiger partial charge in [-0.15, -0.1) is 0 Å². The fourth-order valence-corrected chi connectivity index (χ4v) is 4.54. The zero-order chi connectivity index (χ0) is 10.9. The summed E-state index contributed by atoms with van der Waals surface area (Å²) in [7, 11) is 0.500. The van der Waals surface area contributed by atoms with Crippen molar-refractivity contribution >= 4 is 0 Å². The molecule has 0 unspecified atom stereocenters. The molecule has 0 heterocycles. The molecule has 84 valence electrons. The van der Waals surface area contributed by atoms with Crippen LogP contribution in [0.25, 0.3) is 0 Å². The minimum atomic E-state index is 0.500. The zero-order valence-electron chi connectivity index (χ0n) is 10.3. The number of hydrogen-bond acceptors (Lipinski definition) is 0. The van der Waals surface area contributed by atoms with Gasteiger partial charge in [0.25, 0.3) is 0 Å². The van der Waals surface area contributed by atoms with Gasteiger partial charge in [-0.05, 0) is 35.5 Å². The lowest BCUT2D eigenvalue weighted by Gasteiger charge is -2.76. The van der Waals surface area contributed by atoms with E-state index in [4.69, 9.17) is 0 Å². The Bertz CT molecular complexity index is 166. The van der Waals surface area contributed by atoms with Gasteiger partial charge in [0.05, 0.1) is 7.18 Å². The number of unbranched alkanes of at least 4 members (excludes halogenated alkanes) is 1. The molecular weight excluding hydrogens is 175 g/mol. The quantitative estimate of drug-likeness (QED) is 0.637. The van der Waals surface area contributed by atoms with Crippen LogP contribution in [0.1, 0.15) is 47.0 Å². The summed E-state index contributed by atoms with van der Waals surface area (Å²) >= 11 is 0. The van der Waals surface area contributed by atoms with Crippen molar-refractivity contribution < 1.29 is 4.39 Å². The van der Waals surface area contributed by atoms with E-state index >= 15 is 0 Å². The van der Waals surface area contributed by atoms with Crippen LogP contribution in [0.4, 0.5) is 4.39 Å². The first-order valence-corrected chi connectivity index (χ1v) is 6.00. The second-order valence-corrected chi connectivity index (χ2v) is 5.38. The van der Waals surface area contributed by atoms with Crippen molar-refractivity contribution in [2.24, 2.45) is 29.1 Å². The van der Waals surface area contributed by atoms with E-state index in [2.05, 4.69) is 27.7 Å². The summed E-state index contributed by atoms with van der Waals surface area (Å²) in [6.07, 6.45) is 4.31. The molecule has 0 aromatic carbocycles. The molecule has 3 saturated carbocycles. The number of hydrogen-bond donors (Lipinski definition) is 0. The molecule has 0 aromatic rings. The summed E-state index contributed by atoms with van der Waals surface area (Å²) in [4.78, 5) is 0. The molecule has 0 atom stereocenters. The minimum absolute atomic E-state index is 0.500. The molecule has 3 aliphatic carbocycles. The minimum Gasteiger partial charge on any atom is -0.255 e. The van der Waals surface area contributed by atoms with E-state index in [0.29, 0.717) is 7.18 Å². The molecule has 0 radical (unpaired) electrons. The Morgan fingerprint density at radius 3 is 1.79 bits per heavy atom. The Kier molecular flexibility index (Phi) is 3.60. The Morgan fingerprint density at radius 1 is 1.07 bits per heavy atom. The highest BCUT2D eigenvalue weighted by molar-refractivity contribution is 5.18. The second-order valence-electron chi connectivity index (χ2n) is 5.38. The first-order valence-electron chi connectivity index (χ1n) is 6.00. The molecule has 2 bridgehead atoms. The molecule has 0 nitrogen and oxygen atoms in total. The third-order valence-corrected chi connectivity index (χ3v) is 4.86. The first kappa shape index (κ1) is 12.0. The standard InChI is InChI=1S/C12H22.CH3F/c1-5-6-7-12(4)10-8(2)11(12)9(10)3;1-2/h8-11H,5-7H2,1-4H3;1H3. The molecule has 3 rings (SSSR count). The van der Waals surface area contributed by atoms with Gasteiger partial charge < -0.3 is 0 Å². The monoisotopic (exact) mass is 200 g/mol. The molecule has 0 aliphatic heterocycles. The highest BCUT2D eigenvalue weighted by Crippen LogP contribution is 2.75. The van der Waals surface area contributed by atoms with Crippen LogP contribution in [-0.4, -0.2) is 7.18 Å². The van der Waals surface area contributed by atoms with Crippen molar-refractivity contribution in [1.29, 1.82) is 0 Å². The predicted octanol–water partition coefficient (Wildman–Crippen LogP) is 4.30. The Hall–Kier alpha value is -0.0700. The van der Waals surface area contributed by atoms with E-state index in [1.807, 2.05) is 0 Å². The number of halogens is 1. The first-order chi connectivity index (χ1) is 6.63. The highest BCUT2D eigenvalue weighted by Gasteiger charge is 2.70. The van der Waals surface area contributed by atoms with Gasteiger partial charge in [0.1, 0.15) is 0 Å². The molecule has 0 amide bonds. The number of alkyl halides is 1. The van der Waals surface area contributed by atoms with Crippen LogP contribution in [-0.2, 0) is 0 Å². The summed E-state index contributed by atoms with van der Waals surface area (Å²) in [6, 6.07) is 0. The predicted molar refractivity (Wildman–Crippen MR) is 60.0 cm³/mol. The SMILES string of the molecule is CCCCC1(C)C2C(C)C1C2C.CF. The van der Waals surface area contributed by atoms with Crippen LogP contribution >= 0.6 is 0 Å². The molecule has 0 aromatic heterocycles. The summed E-state index contributed by atoms with van der Waals surface area (Å²) in [6.45, 7) is 9.73. The Labute approximate surface area is 88.3 Å². The van der Waals surface area contributed by atoms with Gasteiger partial charge in [-0.3, -0.25) is 4.39 Å². The van der Waals surface area contributed by atoms with Crippen LogP contribution < -0.4 is 0 Å². The fourth-order valence-electron chi connectivity index (χ4n) is 4.54. The van der Waals surface area contributed by atoms with Gasteiger partial charge in [0.15, 0.2) is 0 Å². The molecule has 0 spiro atoms. The molecular formula is C13H25F. The van der Waals surface area contributed by atoms with Crippen LogP contribution in [0.2, 0.25) is 0 Å². The molecule has 14 heavy (non-hydrogen) atoms. The third kappa shape index (κ3) is 1.31. The maximum atomic E-state index is 9.50. The smallest absolute Gasteiger partial charge is 0.0785 e. The van der Waals surface area contributed by atoms with Crippen LogP contribution in [0.15, 0.2) is 0 Å². The fraction of sp³-hybridized carbons (Fsp3) is 1.00. The van der Waals surface area contributed by atoms with Gasteiger partial charge in [-0.1, -0.05) is 40.5 Å². The van der Waals surface area contributed by atoms with Gasteiger partial charge in [-0.25, -0.2) is 0 Å². The Morgan fingerprint density at radius 2 is 1.50 bits per heavy atom. The summed E-state index contributed by atoms with van der Waals surface area (Å²) in [5.74, 6) is 4.27. The zero-order valence-corrected chi connectivity index (χ0v) is 10.3. The normalized spacial score (nSPS) is 48.4. The van der Waals surface area contributed by atoms with Gasteiger partial charge in [-0.2, -0.15) is 0 Å². The molecule has 1 heteroatoms. The average Bonchev–Trinajstić information content (AvgIpc) is 2.17. The Balaban J connectivity index is 0.000000461. The molecule has 3 aliphatic rings. The van der Waals surface area contributed by atoms with Gasteiger partial charge in [0.2, 0.25) is 0 Å². The molecule has 3 fully saturated rings. The molecule has 0 N–H and O–H groups in total. The van der Waals surface area contributed by atoms with Crippen molar-refractivity contribution in [3.8, 4) is 0 Å². The van der Waals surface area contributed by atoms with Crippen molar-refractivity contribution in [1.82, 2.24) is 0 Å². The van der Waals surface area contributed by atoms with E-state index in [0.717, 1.165) is 29.1 Å². The topological polar surface area (TPSA) is 0 Å². The maximum absolute atomic E-state index is 9.50. The van der Waals surface area contributed by atoms with Gasteiger partial charge in [0, 0.05) is 0 Å². The van der Waals surface area contributed by atoms with E-state index in [-0.39, 0.29) is 0 Å². The van der Waals surface area contributed by atoms with Crippen molar-refractivity contribution in [2.45, 2.75) is 47.0 Å². The highest BCUT2D eigenvalue weighted by atomic mass is 19.1. The lowest BCUT2D eigenvalue weighted by Crippen LogP contribution is -2.71. The maximum Gasteiger partial charge on any atom is 0.0785 e. The summed E-state index contributed by atoms with van der Waals surface area (Å²) in [5.41, 5.74) is 0.773. The van der Waals surface area contributed by atoms with E-state index in [9.17, 15) is 4.39 Å². The van der Waals surface area contributed by atoms with Gasteiger partial charge >= 0.3 is 0 Å². The lowest BCUT2D eigenvalue weighted by molar-refractivity contribution is -0.287. The second kappa shape index (κ2) is 4.20. The van der Waals surface area contributed by atoms with Crippen LogP contribution in [0, 0.1) is 29.1 Å². The van der Waals surface area contributed by atoms with E-state index < -0.39 is 0 Å². The summed E-state index contributed by atoms with van der Waals surface area (Å²) in [5, 5.41) is 0. The summed E-state index contributed by atoms with van der Waals surface area (Å²) < 4.78 is 9.50. The van der Waals surface area contributed by atoms with Crippen molar-refractivity contribution in [3.05, 3.63) is 0 Å².